The molecule has 2 aliphatic rings. The van der Waals surface area contributed by atoms with E-state index in [4.69, 9.17) is 65.5 Å². The summed E-state index contributed by atoms with van der Waals surface area (Å²) in [5, 5.41) is 63.9. The number of fused-ring (bicyclic) bond motifs is 2. The summed E-state index contributed by atoms with van der Waals surface area (Å²) in [6, 6.07) is 17.7. The molecule has 2 aromatic heterocycles. The number of carboxylic acid groups (broad SMARTS) is 6. The zero-order valence-electron chi connectivity index (χ0n) is 34.0. The minimum absolute atomic E-state index is 0.0784. The number of carbonyl (C=O) groups is 8. The molecule has 4 heterocycles. The second-order valence-electron chi connectivity index (χ2n) is 12.6. The highest BCUT2D eigenvalue weighted by Gasteiger charge is 2.26. The number of nitrogen functional groups attached to an aromatic ring is 2. The molecule has 66 heavy (non-hydrogen) atoms. The summed E-state index contributed by atoms with van der Waals surface area (Å²) in [7, 11) is 0. The molecule has 2 aromatic carbocycles. The Kier molecular flexibility index (Phi) is 22.6. The molecule has 0 spiro atoms. The zero-order valence-corrected chi connectivity index (χ0v) is 35.5. The van der Waals surface area contributed by atoms with Crippen LogP contribution < -0.4 is 22.5 Å². The molecule has 0 saturated carbocycles. The van der Waals surface area contributed by atoms with Crippen molar-refractivity contribution < 1.29 is 69.0 Å². The van der Waals surface area contributed by atoms with E-state index >= 15 is 0 Å². The first-order valence-electron chi connectivity index (χ1n) is 18.4. The molecule has 0 radical (unpaired) electrons. The van der Waals surface area contributed by atoms with Crippen LogP contribution in [0.5, 0.6) is 0 Å². The molecule has 2 aliphatic heterocycles. The van der Waals surface area contributed by atoms with Gasteiger partial charge in [-0.15, -0.1) is 10.2 Å². The van der Waals surface area contributed by atoms with Crippen LogP contribution in [-0.2, 0) is 54.7 Å². The van der Waals surface area contributed by atoms with E-state index in [9.17, 15) is 38.4 Å². The zero-order chi connectivity index (χ0) is 49.3. The molecule has 0 saturated heterocycles. The van der Waals surface area contributed by atoms with Crippen LogP contribution in [-0.4, -0.2) is 122 Å². The minimum atomic E-state index is -1.26. The topological polar surface area (TPSA) is 392 Å². The van der Waals surface area contributed by atoms with Gasteiger partial charge in [0.15, 0.2) is 11.6 Å². The number of nitrogens with two attached hydrogens (primary N) is 2. The van der Waals surface area contributed by atoms with Crippen LogP contribution in [0.4, 0.5) is 11.6 Å². The summed E-state index contributed by atoms with van der Waals surface area (Å²) in [6.45, 7) is 2.15. The Morgan fingerprint density at radius 2 is 0.788 bits per heavy atom. The van der Waals surface area contributed by atoms with E-state index in [1.165, 1.54) is 0 Å². The molecule has 0 fully saturated rings. The van der Waals surface area contributed by atoms with Gasteiger partial charge in [-0.1, -0.05) is 47.5 Å². The summed E-state index contributed by atoms with van der Waals surface area (Å²) in [4.78, 5) is 85.9. The standard InChI is InChI=1S/2C14H14ClN5O.3C4H4O4/c2*15-11-4-2-1-3-10(11)14(21)20-6-5-12-9(8-20)7-13(17-16)19-18-12;3*5-3(6)1-2-4(7)8/h2*1-4,7H,5-6,8,16H2,(H,17,19);3*1-2H,(H,5,6)(H,7,8)/b;;3*2-1+. The maximum Gasteiger partial charge on any atom is 0.328 e. The highest BCUT2D eigenvalue weighted by molar-refractivity contribution is 6.34. The lowest BCUT2D eigenvalue weighted by molar-refractivity contribution is -0.134. The molecule has 2 amide bonds. The third-order valence-electron chi connectivity index (χ3n) is 8.06. The molecular weight excluding hydrogens is 915 g/mol. The van der Waals surface area contributed by atoms with E-state index < -0.39 is 35.8 Å². The monoisotopic (exact) mass is 954 g/mol. The van der Waals surface area contributed by atoms with Crippen molar-refractivity contribution in [2.75, 3.05) is 23.9 Å². The Morgan fingerprint density at radius 3 is 1.05 bits per heavy atom. The van der Waals surface area contributed by atoms with Gasteiger partial charge in [0.2, 0.25) is 0 Å². The van der Waals surface area contributed by atoms with Crippen molar-refractivity contribution in [1.29, 1.82) is 0 Å². The Balaban J connectivity index is 0.000000309. The molecule has 0 bridgehead atoms. The van der Waals surface area contributed by atoms with Gasteiger partial charge in [0.05, 0.1) is 32.6 Å². The Morgan fingerprint density at radius 1 is 0.500 bits per heavy atom. The summed E-state index contributed by atoms with van der Waals surface area (Å²) in [6.07, 6.45) is 4.69. The van der Waals surface area contributed by atoms with Gasteiger partial charge in [0.1, 0.15) is 0 Å². The molecule has 24 nitrogen and oxygen atoms in total. The van der Waals surface area contributed by atoms with Gasteiger partial charge < -0.3 is 51.3 Å². The van der Waals surface area contributed by atoms with E-state index in [1.54, 1.807) is 58.3 Å². The lowest BCUT2D eigenvalue weighted by Gasteiger charge is -2.28. The van der Waals surface area contributed by atoms with Crippen molar-refractivity contribution in [3.05, 3.63) is 141 Å². The number of aliphatic carboxylic acids is 6. The summed E-state index contributed by atoms with van der Waals surface area (Å²) < 4.78 is 0. The van der Waals surface area contributed by atoms with Crippen LogP contribution in [0.25, 0.3) is 0 Å². The van der Waals surface area contributed by atoms with E-state index in [0.717, 1.165) is 22.5 Å². The molecular formula is C40H40Cl2N10O14. The normalized spacial score (nSPS) is 12.2. The van der Waals surface area contributed by atoms with Crippen molar-refractivity contribution in [3.8, 4) is 0 Å². The van der Waals surface area contributed by atoms with E-state index in [0.29, 0.717) is 108 Å². The molecule has 6 rings (SSSR count). The first-order valence-corrected chi connectivity index (χ1v) is 19.1. The van der Waals surface area contributed by atoms with Crippen molar-refractivity contribution in [2.24, 2.45) is 11.7 Å². The number of hydrogen-bond donors (Lipinski definition) is 10. The Bertz CT molecular complexity index is 2260. The number of nitrogens with zero attached hydrogens (tertiary/aromatic N) is 6. The van der Waals surface area contributed by atoms with Crippen molar-refractivity contribution in [2.45, 2.75) is 25.9 Å². The Hall–Kier alpha value is -8.32. The average molecular weight is 956 g/mol. The predicted octanol–water partition coefficient (Wildman–Crippen LogP) is 2.36. The number of amides is 2. The number of benzene rings is 2. The van der Waals surface area contributed by atoms with Gasteiger partial charge in [-0.3, -0.25) is 9.59 Å². The fourth-order valence-corrected chi connectivity index (χ4v) is 5.62. The first-order chi connectivity index (χ1) is 31.2. The highest BCUT2D eigenvalue weighted by Crippen LogP contribution is 2.25. The van der Waals surface area contributed by atoms with Crippen molar-refractivity contribution in [1.82, 2.24) is 30.2 Å². The fraction of sp³-hybridized carbons (Fsp3) is 0.150. The third kappa shape index (κ3) is 19.4. The molecule has 0 atom stereocenters. The second kappa shape index (κ2) is 27.7. The molecule has 0 unspecified atom stereocenters. The number of halogens is 2. The fourth-order valence-electron chi connectivity index (χ4n) is 5.18. The van der Waals surface area contributed by atoms with Crippen LogP contribution in [0.3, 0.4) is 0 Å². The second-order valence-corrected chi connectivity index (χ2v) is 13.4. The van der Waals surface area contributed by atoms with Gasteiger partial charge in [-0.25, -0.2) is 40.5 Å². The molecule has 4 aromatic rings. The van der Waals surface area contributed by atoms with E-state index in [-0.39, 0.29) is 11.8 Å². The quantitative estimate of drug-likeness (QED) is 0.0619. The van der Waals surface area contributed by atoms with Gasteiger partial charge in [0, 0.05) is 75.5 Å². The molecule has 26 heteroatoms. The van der Waals surface area contributed by atoms with Crippen LogP contribution >= 0.6 is 23.2 Å². The number of hydrazine groups is 2. The van der Waals surface area contributed by atoms with Gasteiger partial charge in [-0.2, -0.15) is 10.2 Å². The average Bonchev–Trinajstić information content (AvgIpc) is 3.29. The Labute approximate surface area is 383 Å². The largest absolute Gasteiger partial charge is 0.478 e. The van der Waals surface area contributed by atoms with Crippen LogP contribution in [0, 0.1) is 0 Å². The summed E-state index contributed by atoms with van der Waals surface area (Å²) >= 11 is 12.2. The first kappa shape index (κ1) is 53.8. The smallest absolute Gasteiger partial charge is 0.328 e. The van der Waals surface area contributed by atoms with Gasteiger partial charge in [0.25, 0.3) is 11.8 Å². The lowest BCUT2D eigenvalue weighted by Crippen LogP contribution is -2.36. The van der Waals surface area contributed by atoms with Crippen molar-refractivity contribution >= 4 is 82.5 Å². The highest BCUT2D eigenvalue weighted by atomic mass is 35.5. The number of nitrogens with one attached hydrogen (secondary N) is 2. The molecule has 12 N–H and O–H groups in total. The SMILES string of the molecule is NNc1cc2c(nn1)CCN(C(=O)c1ccccc1Cl)C2.NNc1cc2c(nn1)CCN(C(=O)c1ccccc1Cl)C2.O=C(O)/C=C/C(=O)O.O=C(O)/C=C/C(=O)O.O=C(O)/C=C/C(=O)O. The number of aromatic nitrogens is 4. The third-order valence-corrected chi connectivity index (χ3v) is 8.72. The number of carbonyl (C=O) groups excluding carboxylic acids is 2. The summed E-state index contributed by atoms with van der Waals surface area (Å²) in [5.41, 5.74) is 9.66. The van der Waals surface area contributed by atoms with E-state index in [2.05, 4.69) is 31.2 Å². The number of rotatable bonds is 10. The van der Waals surface area contributed by atoms with Crippen LogP contribution in [0.1, 0.15) is 43.2 Å². The predicted molar refractivity (Wildman–Crippen MR) is 233 cm³/mol. The van der Waals surface area contributed by atoms with Gasteiger partial charge >= 0.3 is 35.8 Å². The number of carboxylic acids is 6. The number of hydrogen-bond acceptors (Lipinski definition) is 16. The molecule has 0 aliphatic carbocycles. The van der Waals surface area contributed by atoms with Gasteiger partial charge in [-0.05, 0) is 47.5 Å². The summed E-state index contributed by atoms with van der Waals surface area (Å²) in [5.74, 6) is 3.95. The molecule has 348 valence electrons. The number of anilines is 2. The van der Waals surface area contributed by atoms with E-state index in [1.807, 2.05) is 12.1 Å². The van der Waals surface area contributed by atoms with Crippen LogP contribution in [0.15, 0.2) is 97.1 Å². The lowest BCUT2D eigenvalue weighted by atomic mass is 10.1. The maximum atomic E-state index is 12.5. The minimum Gasteiger partial charge on any atom is -0.478 e. The maximum absolute atomic E-state index is 12.5. The van der Waals surface area contributed by atoms with Crippen LogP contribution in [0.2, 0.25) is 10.0 Å². The van der Waals surface area contributed by atoms with Crippen molar-refractivity contribution in [3.63, 3.8) is 0 Å².